The topological polar surface area (TPSA) is 32.3 Å². The van der Waals surface area contributed by atoms with Crippen molar-refractivity contribution in [1.29, 1.82) is 0 Å². The molecule has 1 aliphatic carbocycles. The minimum absolute atomic E-state index is 0.0236. The first kappa shape index (κ1) is 9.36. The van der Waals surface area contributed by atoms with Crippen LogP contribution in [0.1, 0.15) is 26.7 Å². The van der Waals surface area contributed by atoms with Gasteiger partial charge in [-0.2, -0.15) is 0 Å². The maximum Gasteiger partial charge on any atom is 0.317 e. The number of rotatable bonds is 1. The quantitative estimate of drug-likeness (QED) is 0.634. The van der Waals surface area contributed by atoms with Crippen LogP contribution in [-0.2, 0) is 0 Å². The number of nitrogens with zero attached hydrogens (tertiary/aromatic N) is 1. The number of hydrogen-bond donors (Lipinski definition) is 1. The Bertz CT molecular complexity index is 181. The first-order valence-corrected chi connectivity index (χ1v) is 4.41. The molecule has 0 saturated heterocycles. The maximum absolute atomic E-state index is 11.2. The molecule has 0 aromatic carbocycles. The van der Waals surface area contributed by atoms with Crippen LogP contribution in [0.4, 0.5) is 4.79 Å². The second-order valence-electron chi connectivity index (χ2n) is 4.39. The van der Waals surface area contributed by atoms with Gasteiger partial charge in [-0.3, -0.25) is 0 Å². The first-order chi connectivity index (χ1) is 5.46. The smallest absolute Gasteiger partial charge is 0.317 e. The Hall–Kier alpha value is -0.730. The van der Waals surface area contributed by atoms with Gasteiger partial charge in [-0.1, -0.05) is 13.8 Å². The molecule has 1 N–H and O–H groups in total. The summed E-state index contributed by atoms with van der Waals surface area (Å²) in [7, 11) is 3.53. The molecule has 1 fully saturated rings. The van der Waals surface area contributed by atoms with Crippen LogP contribution in [0.2, 0.25) is 0 Å². The van der Waals surface area contributed by atoms with Crippen LogP contribution in [0.15, 0.2) is 0 Å². The Morgan fingerprint density at radius 2 is 2.00 bits per heavy atom. The van der Waals surface area contributed by atoms with Crippen LogP contribution in [0.25, 0.3) is 0 Å². The molecule has 0 spiro atoms. The van der Waals surface area contributed by atoms with E-state index in [1.54, 1.807) is 11.9 Å². The van der Waals surface area contributed by atoms with Gasteiger partial charge in [0.2, 0.25) is 0 Å². The lowest BCUT2D eigenvalue weighted by Crippen LogP contribution is -2.51. The molecule has 0 atom stereocenters. The van der Waals surface area contributed by atoms with E-state index in [9.17, 15) is 4.79 Å². The average molecular weight is 170 g/mol. The van der Waals surface area contributed by atoms with Crippen LogP contribution in [-0.4, -0.2) is 31.1 Å². The molecule has 2 amide bonds. The van der Waals surface area contributed by atoms with Gasteiger partial charge < -0.3 is 10.2 Å². The summed E-state index contributed by atoms with van der Waals surface area (Å²) in [5, 5.41) is 2.63. The van der Waals surface area contributed by atoms with Gasteiger partial charge in [0.05, 0.1) is 0 Å². The van der Waals surface area contributed by atoms with Gasteiger partial charge >= 0.3 is 6.03 Å². The van der Waals surface area contributed by atoms with Crippen molar-refractivity contribution < 1.29 is 4.79 Å². The number of carbonyl (C=O) groups excluding carboxylic acids is 1. The maximum atomic E-state index is 11.2. The first-order valence-electron chi connectivity index (χ1n) is 4.41. The number of nitrogens with one attached hydrogen (secondary N) is 1. The summed E-state index contributed by atoms with van der Waals surface area (Å²) >= 11 is 0. The fourth-order valence-electron chi connectivity index (χ4n) is 1.83. The summed E-state index contributed by atoms with van der Waals surface area (Å²) in [6, 6.07) is 0.468. The average Bonchev–Trinajstić information content (AvgIpc) is 1.97. The van der Waals surface area contributed by atoms with Gasteiger partial charge in [-0.05, 0) is 18.3 Å². The van der Waals surface area contributed by atoms with Crippen molar-refractivity contribution >= 4 is 6.03 Å². The van der Waals surface area contributed by atoms with E-state index in [4.69, 9.17) is 0 Å². The molecule has 0 aromatic heterocycles. The fourth-order valence-corrected chi connectivity index (χ4v) is 1.83. The Morgan fingerprint density at radius 3 is 2.33 bits per heavy atom. The molecule has 1 saturated carbocycles. The number of hydrogen-bond acceptors (Lipinski definition) is 1. The highest BCUT2D eigenvalue weighted by molar-refractivity contribution is 5.73. The highest BCUT2D eigenvalue weighted by atomic mass is 16.2. The molecule has 0 unspecified atom stereocenters. The lowest BCUT2D eigenvalue weighted by molar-refractivity contribution is 0.0609. The third-order valence-corrected chi connectivity index (χ3v) is 2.66. The Balaban J connectivity index is 2.38. The van der Waals surface area contributed by atoms with Crippen molar-refractivity contribution in [2.24, 2.45) is 5.41 Å². The van der Waals surface area contributed by atoms with Crippen molar-refractivity contribution in [3.05, 3.63) is 0 Å². The highest BCUT2D eigenvalue weighted by Crippen LogP contribution is 2.42. The third-order valence-electron chi connectivity index (χ3n) is 2.66. The van der Waals surface area contributed by atoms with E-state index in [1.165, 1.54) is 0 Å². The zero-order valence-corrected chi connectivity index (χ0v) is 8.35. The van der Waals surface area contributed by atoms with E-state index in [1.807, 2.05) is 7.05 Å². The van der Waals surface area contributed by atoms with Crippen LogP contribution in [0.5, 0.6) is 0 Å². The molecule has 0 bridgehead atoms. The van der Waals surface area contributed by atoms with Crippen molar-refractivity contribution in [2.75, 3.05) is 14.1 Å². The van der Waals surface area contributed by atoms with Crippen LogP contribution < -0.4 is 5.32 Å². The molecule has 0 aliphatic heterocycles. The van der Waals surface area contributed by atoms with E-state index in [2.05, 4.69) is 19.2 Å². The molecule has 12 heavy (non-hydrogen) atoms. The SMILES string of the molecule is CNC(=O)N(C)C1CC(C)(C)C1. The Labute approximate surface area is 74.1 Å². The molecule has 0 radical (unpaired) electrons. The summed E-state index contributed by atoms with van der Waals surface area (Å²) in [5.74, 6) is 0. The molecule has 3 heteroatoms. The van der Waals surface area contributed by atoms with Crippen molar-refractivity contribution in [3.63, 3.8) is 0 Å². The van der Waals surface area contributed by atoms with Crippen LogP contribution in [0, 0.1) is 5.41 Å². The van der Waals surface area contributed by atoms with Gasteiger partial charge in [-0.25, -0.2) is 4.79 Å². The Morgan fingerprint density at radius 1 is 1.50 bits per heavy atom. The summed E-state index contributed by atoms with van der Waals surface area (Å²) in [6.07, 6.45) is 2.24. The lowest BCUT2D eigenvalue weighted by atomic mass is 9.68. The zero-order valence-electron chi connectivity index (χ0n) is 8.35. The third kappa shape index (κ3) is 1.71. The Kier molecular flexibility index (Phi) is 2.31. The molecule has 0 aromatic rings. The zero-order chi connectivity index (χ0) is 9.35. The number of amides is 2. The molecule has 0 heterocycles. The summed E-state index contributed by atoms with van der Waals surface area (Å²) in [5.41, 5.74) is 0.437. The molecule has 3 nitrogen and oxygen atoms in total. The predicted molar refractivity (Wildman–Crippen MR) is 49.0 cm³/mol. The highest BCUT2D eigenvalue weighted by Gasteiger charge is 2.39. The van der Waals surface area contributed by atoms with Crippen molar-refractivity contribution in [3.8, 4) is 0 Å². The summed E-state index contributed by atoms with van der Waals surface area (Å²) < 4.78 is 0. The van der Waals surface area contributed by atoms with E-state index in [0.717, 1.165) is 12.8 Å². The second kappa shape index (κ2) is 2.96. The fraction of sp³-hybridized carbons (Fsp3) is 0.889. The van der Waals surface area contributed by atoms with Crippen molar-refractivity contribution in [2.45, 2.75) is 32.7 Å². The summed E-state index contributed by atoms with van der Waals surface area (Å²) in [4.78, 5) is 13.0. The van der Waals surface area contributed by atoms with Gasteiger partial charge in [0, 0.05) is 20.1 Å². The molecule has 1 rings (SSSR count). The number of carbonyl (C=O) groups is 1. The van der Waals surface area contributed by atoms with E-state index in [-0.39, 0.29) is 6.03 Å². The van der Waals surface area contributed by atoms with Gasteiger partial charge in [-0.15, -0.1) is 0 Å². The second-order valence-corrected chi connectivity index (χ2v) is 4.39. The van der Waals surface area contributed by atoms with E-state index >= 15 is 0 Å². The largest absolute Gasteiger partial charge is 0.341 e. The minimum Gasteiger partial charge on any atom is -0.341 e. The monoisotopic (exact) mass is 170 g/mol. The summed E-state index contributed by atoms with van der Waals surface area (Å²) in [6.45, 7) is 4.47. The minimum atomic E-state index is 0.0236. The van der Waals surface area contributed by atoms with Gasteiger partial charge in [0.15, 0.2) is 0 Å². The normalized spacial score (nSPS) is 21.3. The molecular formula is C9H18N2O. The molecular weight excluding hydrogens is 152 g/mol. The van der Waals surface area contributed by atoms with Crippen molar-refractivity contribution in [1.82, 2.24) is 10.2 Å². The van der Waals surface area contributed by atoms with Gasteiger partial charge in [0.25, 0.3) is 0 Å². The van der Waals surface area contributed by atoms with E-state index in [0.29, 0.717) is 11.5 Å². The van der Waals surface area contributed by atoms with E-state index < -0.39 is 0 Å². The lowest BCUT2D eigenvalue weighted by Gasteiger charge is -2.46. The molecule has 70 valence electrons. The predicted octanol–water partition coefficient (Wildman–Crippen LogP) is 1.45. The standard InChI is InChI=1S/C9H18N2O/c1-9(2)5-7(6-9)11(4)8(12)10-3/h7H,5-6H2,1-4H3,(H,10,12). The van der Waals surface area contributed by atoms with Gasteiger partial charge in [0.1, 0.15) is 0 Å². The van der Waals surface area contributed by atoms with Crippen LogP contribution >= 0.6 is 0 Å². The number of urea groups is 1. The van der Waals surface area contributed by atoms with Crippen LogP contribution in [0.3, 0.4) is 0 Å². The molecule has 1 aliphatic rings.